The molecule has 0 saturated heterocycles. The van der Waals surface area contributed by atoms with E-state index in [1.165, 1.54) is 13.2 Å². The van der Waals surface area contributed by atoms with Crippen molar-refractivity contribution in [2.24, 2.45) is 0 Å². The minimum absolute atomic E-state index is 0.150. The second-order valence-electron chi connectivity index (χ2n) is 2.22. The maximum absolute atomic E-state index is 11.4. The SMILES string of the molecule is CONS(=O)(=O)c1ccccc1Br. The summed E-state index contributed by atoms with van der Waals surface area (Å²) in [5.41, 5.74) is 0. The van der Waals surface area contributed by atoms with Gasteiger partial charge in [-0.3, -0.25) is 4.84 Å². The van der Waals surface area contributed by atoms with E-state index in [1.807, 2.05) is 4.89 Å². The van der Waals surface area contributed by atoms with Gasteiger partial charge in [-0.2, -0.15) is 0 Å². The summed E-state index contributed by atoms with van der Waals surface area (Å²) in [5.74, 6) is 0. The van der Waals surface area contributed by atoms with Crippen molar-refractivity contribution in [3.63, 3.8) is 0 Å². The van der Waals surface area contributed by atoms with Crippen molar-refractivity contribution >= 4 is 26.0 Å². The molecule has 0 aromatic heterocycles. The average molecular weight is 266 g/mol. The normalized spacial score (nSPS) is 11.5. The first-order valence-electron chi connectivity index (χ1n) is 3.37. The molecule has 0 amide bonds. The fourth-order valence-corrected chi connectivity index (χ4v) is 2.63. The number of rotatable bonds is 3. The average Bonchev–Trinajstić information content (AvgIpc) is 2.04. The Bertz CT molecular complexity index is 390. The number of halogens is 1. The third kappa shape index (κ3) is 2.50. The Morgan fingerprint density at radius 3 is 2.54 bits per heavy atom. The van der Waals surface area contributed by atoms with E-state index < -0.39 is 10.0 Å². The van der Waals surface area contributed by atoms with Gasteiger partial charge in [-0.25, -0.2) is 8.42 Å². The van der Waals surface area contributed by atoms with Gasteiger partial charge >= 0.3 is 0 Å². The van der Waals surface area contributed by atoms with Crippen molar-refractivity contribution in [2.45, 2.75) is 4.90 Å². The zero-order valence-electron chi connectivity index (χ0n) is 6.82. The maximum atomic E-state index is 11.4. The molecule has 0 atom stereocenters. The fraction of sp³-hybridized carbons (Fsp3) is 0.143. The van der Waals surface area contributed by atoms with Gasteiger partial charge in [-0.15, -0.1) is 0 Å². The van der Waals surface area contributed by atoms with Gasteiger partial charge in [0.25, 0.3) is 10.0 Å². The topological polar surface area (TPSA) is 55.4 Å². The lowest BCUT2D eigenvalue weighted by Crippen LogP contribution is -2.22. The van der Waals surface area contributed by atoms with E-state index >= 15 is 0 Å². The van der Waals surface area contributed by atoms with Gasteiger partial charge in [-0.1, -0.05) is 17.0 Å². The highest BCUT2D eigenvalue weighted by Crippen LogP contribution is 2.20. The van der Waals surface area contributed by atoms with Gasteiger partial charge in [-0.05, 0) is 28.1 Å². The smallest absolute Gasteiger partial charge is 0.263 e. The summed E-state index contributed by atoms with van der Waals surface area (Å²) >= 11 is 3.13. The summed E-state index contributed by atoms with van der Waals surface area (Å²) in [6.45, 7) is 0. The molecule has 4 nitrogen and oxygen atoms in total. The van der Waals surface area contributed by atoms with Gasteiger partial charge in [0.1, 0.15) is 0 Å². The Hall–Kier alpha value is -0.430. The molecule has 0 aliphatic rings. The maximum Gasteiger partial charge on any atom is 0.263 e. The standard InChI is InChI=1S/C7H8BrNO3S/c1-12-9-13(10,11)7-5-3-2-4-6(7)8/h2-5,9H,1H3. The molecule has 0 spiro atoms. The highest BCUT2D eigenvalue weighted by Gasteiger charge is 2.15. The molecule has 13 heavy (non-hydrogen) atoms. The lowest BCUT2D eigenvalue weighted by Gasteiger charge is -2.05. The number of nitrogens with one attached hydrogen (secondary N) is 1. The van der Waals surface area contributed by atoms with Crippen molar-refractivity contribution in [2.75, 3.05) is 7.11 Å². The predicted octanol–water partition coefficient (Wildman–Crippen LogP) is 1.29. The van der Waals surface area contributed by atoms with Crippen molar-refractivity contribution in [1.29, 1.82) is 0 Å². The molecule has 0 bridgehead atoms. The summed E-state index contributed by atoms with van der Waals surface area (Å²) < 4.78 is 23.3. The summed E-state index contributed by atoms with van der Waals surface area (Å²) in [4.78, 5) is 6.43. The fourth-order valence-electron chi connectivity index (χ4n) is 0.817. The molecule has 6 heteroatoms. The summed E-state index contributed by atoms with van der Waals surface area (Å²) in [5, 5.41) is 0. The molecule has 1 aromatic rings. The van der Waals surface area contributed by atoms with Crippen LogP contribution in [0.2, 0.25) is 0 Å². The summed E-state index contributed by atoms with van der Waals surface area (Å²) in [6.07, 6.45) is 0. The number of hydrogen-bond acceptors (Lipinski definition) is 3. The van der Waals surface area contributed by atoms with E-state index in [0.29, 0.717) is 4.47 Å². The third-order valence-electron chi connectivity index (χ3n) is 1.32. The zero-order valence-corrected chi connectivity index (χ0v) is 9.22. The molecular weight excluding hydrogens is 258 g/mol. The monoisotopic (exact) mass is 265 g/mol. The van der Waals surface area contributed by atoms with E-state index in [4.69, 9.17) is 0 Å². The molecule has 72 valence electrons. The van der Waals surface area contributed by atoms with Gasteiger partial charge in [0.05, 0.1) is 12.0 Å². The van der Waals surface area contributed by atoms with Crippen molar-refractivity contribution in [1.82, 2.24) is 4.89 Å². The van der Waals surface area contributed by atoms with Crippen LogP contribution >= 0.6 is 15.9 Å². The number of benzene rings is 1. The van der Waals surface area contributed by atoms with E-state index in [0.717, 1.165) is 0 Å². The van der Waals surface area contributed by atoms with Crippen LogP contribution in [0.15, 0.2) is 33.6 Å². The van der Waals surface area contributed by atoms with E-state index in [2.05, 4.69) is 20.8 Å². The molecule has 1 aromatic carbocycles. The van der Waals surface area contributed by atoms with E-state index in [-0.39, 0.29) is 4.90 Å². The van der Waals surface area contributed by atoms with Crippen molar-refractivity contribution < 1.29 is 13.3 Å². The van der Waals surface area contributed by atoms with Crippen LogP contribution in [-0.4, -0.2) is 15.5 Å². The Kier molecular flexibility index (Phi) is 3.43. The minimum atomic E-state index is -3.56. The first-order valence-corrected chi connectivity index (χ1v) is 5.65. The highest BCUT2D eigenvalue weighted by atomic mass is 79.9. The molecule has 1 N–H and O–H groups in total. The van der Waals surface area contributed by atoms with E-state index in [1.54, 1.807) is 18.2 Å². The van der Waals surface area contributed by atoms with E-state index in [9.17, 15) is 8.42 Å². The molecule has 1 rings (SSSR count). The van der Waals surface area contributed by atoms with Crippen LogP contribution in [0.1, 0.15) is 0 Å². The van der Waals surface area contributed by atoms with Gasteiger partial charge in [0, 0.05) is 4.47 Å². The molecule has 0 aliphatic heterocycles. The lowest BCUT2D eigenvalue weighted by atomic mass is 10.4. The molecular formula is C7H8BrNO3S. The molecule has 0 unspecified atom stereocenters. The van der Waals surface area contributed by atoms with Crippen molar-refractivity contribution in [3.8, 4) is 0 Å². The molecule has 0 heterocycles. The first kappa shape index (κ1) is 10.6. The quantitative estimate of drug-likeness (QED) is 0.839. The van der Waals surface area contributed by atoms with Crippen LogP contribution < -0.4 is 4.89 Å². The second-order valence-corrected chi connectivity index (χ2v) is 4.69. The highest BCUT2D eigenvalue weighted by molar-refractivity contribution is 9.10. The third-order valence-corrected chi connectivity index (χ3v) is 3.59. The first-order chi connectivity index (χ1) is 6.08. The van der Waals surface area contributed by atoms with Crippen LogP contribution in [0.4, 0.5) is 0 Å². The summed E-state index contributed by atoms with van der Waals surface area (Å²) in [7, 11) is -2.32. The van der Waals surface area contributed by atoms with Crippen LogP contribution in [0.5, 0.6) is 0 Å². The Morgan fingerprint density at radius 2 is 2.00 bits per heavy atom. The van der Waals surface area contributed by atoms with Gasteiger partial charge in [0.15, 0.2) is 0 Å². The molecule has 0 aliphatic carbocycles. The molecule has 0 fully saturated rings. The Labute approximate surface area is 85.0 Å². The van der Waals surface area contributed by atoms with Crippen LogP contribution in [0.3, 0.4) is 0 Å². The lowest BCUT2D eigenvalue weighted by molar-refractivity contribution is 0.153. The Morgan fingerprint density at radius 1 is 1.38 bits per heavy atom. The molecule has 0 radical (unpaired) electrons. The zero-order chi connectivity index (χ0) is 9.90. The molecule has 0 saturated carbocycles. The number of hydrogen-bond donors (Lipinski definition) is 1. The van der Waals surface area contributed by atoms with Crippen molar-refractivity contribution in [3.05, 3.63) is 28.7 Å². The minimum Gasteiger partial charge on any atom is -0.290 e. The summed E-state index contributed by atoms with van der Waals surface area (Å²) in [6, 6.07) is 6.49. The van der Waals surface area contributed by atoms with Gasteiger partial charge in [0.2, 0.25) is 0 Å². The number of sulfonamides is 1. The predicted molar refractivity (Wildman–Crippen MR) is 51.5 cm³/mol. The second kappa shape index (κ2) is 4.19. The van der Waals surface area contributed by atoms with Crippen LogP contribution in [-0.2, 0) is 14.9 Å². The largest absolute Gasteiger partial charge is 0.290 e. The van der Waals surface area contributed by atoms with Crippen LogP contribution in [0, 0.1) is 0 Å². The van der Waals surface area contributed by atoms with Gasteiger partial charge < -0.3 is 0 Å². The van der Waals surface area contributed by atoms with Crippen LogP contribution in [0.25, 0.3) is 0 Å². The Balaban J connectivity index is 3.15.